The molecule has 10 heavy (non-hydrogen) atoms. The van der Waals surface area contributed by atoms with Gasteiger partial charge in [-0.3, -0.25) is 0 Å². The lowest BCUT2D eigenvalue weighted by Gasteiger charge is -2.05. The zero-order valence-corrected chi connectivity index (χ0v) is 10.8. The van der Waals surface area contributed by atoms with Crippen LogP contribution in [0.25, 0.3) is 0 Å². The van der Waals surface area contributed by atoms with Crippen molar-refractivity contribution in [1.29, 1.82) is 0 Å². The Hall–Kier alpha value is 2.20. The van der Waals surface area contributed by atoms with Gasteiger partial charge in [-0.2, -0.15) is 0 Å². The van der Waals surface area contributed by atoms with Gasteiger partial charge in [-0.1, -0.05) is 11.7 Å². The predicted octanol–water partition coefficient (Wildman–Crippen LogP) is 0.304. The maximum Gasteiger partial charge on any atom is 0.118 e. The van der Waals surface area contributed by atoms with Crippen molar-refractivity contribution in [3.8, 4) is 0 Å². The van der Waals surface area contributed by atoms with Gasteiger partial charge in [0.15, 0.2) is 0 Å². The zero-order chi connectivity index (χ0) is 8.36. The molecule has 10 heteroatoms. The summed E-state index contributed by atoms with van der Waals surface area (Å²) in [4.78, 5) is 0. The third-order valence-corrected chi connectivity index (χ3v) is 20.8. The van der Waals surface area contributed by atoms with Crippen molar-refractivity contribution in [3.05, 3.63) is 0 Å². The largest absolute Gasteiger partial charge is 0.238 e. The topological polar surface area (TPSA) is 29.5 Å². The maximum absolute atomic E-state index is 8.21. The Bertz CT molecular complexity index is 242. The molecule has 0 saturated carbocycles. The summed E-state index contributed by atoms with van der Waals surface area (Å²) in [6.07, 6.45) is 0. The highest BCUT2D eigenvalue weighted by Crippen LogP contribution is 2.09. The molecule has 0 aliphatic rings. The fraction of sp³-hybridized carbons (Fsp3) is 0. The van der Waals surface area contributed by atoms with Crippen LogP contribution in [-0.2, 0) is 70.6 Å². The van der Waals surface area contributed by atoms with Crippen LogP contribution in [0.4, 0.5) is 0 Å². The molecule has 0 rings (SSSR count). The molecule has 2 unspecified atom stereocenters. The molecule has 0 aromatic heterocycles. The Labute approximate surface area is 86.5 Å². The van der Waals surface area contributed by atoms with E-state index in [0.717, 1.165) is 0 Å². The summed E-state index contributed by atoms with van der Waals surface area (Å²) in [7, 11) is -1.67. The molecule has 2 atom stereocenters. The highest BCUT2D eigenvalue weighted by Gasteiger charge is 2.09. The molecule has 0 spiro atoms. The summed E-state index contributed by atoms with van der Waals surface area (Å²) in [5.41, 5.74) is 0. The summed E-state index contributed by atoms with van der Waals surface area (Å²) in [6, 6.07) is 0. The molecule has 0 aromatic rings. The van der Waals surface area contributed by atoms with Crippen LogP contribution in [0.5, 0.6) is 0 Å². The minimum absolute atomic E-state index is 0.766. The van der Waals surface area contributed by atoms with Gasteiger partial charge < -0.3 is 0 Å². The molecule has 0 aliphatic heterocycles. The van der Waals surface area contributed by atoms with Crippen molar-refractivity contribution >= 4 is 77.9 Å². The van der Waals surface area contributed by atoms with E-state index in [4.69, 9.17) is 27.6 Å². The Kier molecular flexibility index (Phi) is 6.15. The number of hydrogen-bond donors (Lipinski definition) is 2. The molecular weight excluding hydrogens is 289 g/mol. The number of rotatable bonds is 3. The molecule has 2 nitrogen and oxygen atoms in total. The van der Waals surface area contributed by atoms with E-state index in [-0.39, 0.29) is 0 Å². The predicted molar refractivity (Wildman–Crippen MR) is 64.3 cm³/mol. The average Bonchev–Trinajstić information content (AvgIpc) is 1.86. The smallest absolute Gasteiger partial charge is 0.118 e. The quantitative estimate of drug-likeness (QED) is 0.336. The maximum atomic E-state index is 8.21. The van der Waals surface area contributed by atoms with Crippen molar-refractivity contribution in [2.45, 2.75) is 0 Å². The van der Waals surface area contributed by atoms with E-state index < -0.39 is 21.5 Å². The van der Waals surface area contributed by atoms with Gasteiger partial charge in [-0.05, 0) is 44.8 Å². The number of hydrogen-bond acceptors (Lipinski definition) is 6. The van der Waals surface area contributed by atoms with E-state index in [0.29, 0.717) is 0 Å². The molecule has 62 valence electrons. The molecule has 0 heterocycles. The first-order valence-electron chi connectivity index (χ1n) is 1.53. The van der Waals surface area contributed by atoms with E-state index in [2.05, 4.69) is 38.4 Å². The minimum atomic E-state index is -2.40. The van der Waals surface area contributed by atoms with E-state index >= 15 is 0 Å². The molecule has 1 N–H and O–H groups in total. The Morgan fingerprint density at radius 2 is 1.80 bits per heavy atom. The van der Waals surface area contributed by atoms with Gasteiger partial charge >= 0.3 is 0 Å². The lowest BCUT2D eigenvalue weighted by molar-refractivity contribution is -0.117. The van der Waals surface area contributed by atoms with E-state index in [1.165, 1.54) is 0 Å². The lowest BCUT2D eigenvalue weighted by atomic mass is 15.0. The number of thiol groups is 1. The van der Waals surface area contributed by atoms with E-state index in [1.807, 2.05) is 0 Å². The molecular formula is H2O2S8. The van der Waals surface area contributed by atoms with Crippen molar-refractivity contribution in [1.82, 2.24) is 0 Å². The highest BCUT2D eigenvalue weighted by atomic mass is 34.0. The molecule has 0 fully saturated rings. The first kappa shape index (κ1) is 12.2. The Morgan fingerprint density at radius 1 is 1.40 bits per heavy atom. The van der Waals surface area contributed by atoms with Crippen LogP contribution < -0.4 is 0 Å². The molecule has 0 radical (unpaired) electrons. The van der Waals surface area contributed by atoms with Crippen LogP contribution in [0.2, 0.25) is 0 Å². The SMILES string of the molecule is OOS(=S)(=S)S(=S)S(=S)S. The van der Waals surface area contributed by atoms with Gasteiger partial charge in [0.2, 0.25) is 0 Å². The monoisotopic (exact) mass is 290 g/mol. The molecule has 0 aliphatic carbocycles. The van der Waals surface area contributed by atoms with Crippen molar-refractivity contribution in [3.63, 3.8) is 0 Å². The fourth-order valence-electron chi connectivity index (χ4n) is 0.0961. The lowest BCUT2D eigenvalue weighted by Crippen LogP contribution is -2.06. The summed E-state index contributed by atoms with van der Waals surface area (Å²) < 4.78 is 3.87. The van der Waals surface area contributed by atoms with Gasteiger partial charge in [-0.15, -0.1) is 4.33 Å². The third kappa shape index (κ3) is 3.74. The Morgan fingerprint density at radius 3 is 1.90 bits per heavy atom. The zero-order valence-electron chi connectivity index (χ0n) is 4.16. The average molecular weight is 291 g/mol. The summed E-state index contributed by atoms with van der Waals surface area (Å²) in [6.45, 7) is -2.40. The Balaban J connectivity index is 4.70. The van der Waals surface area contributed by atoms with Crippen LogP contribution in [0.1, 0.15) is 0 Å². The van der Waals surface area contributed by atoms with Gasteiger partial charge in [-0.25, -0.2) is 5.26 Å². The van der Waals surface area contributed by atoms with E-state index in [1.54, 1.807) is 0 Å². The van der Waals surface area contributed by atoms with Crippen molar-refractivity contribution in [2.24, 2.45) is 0 Å². The summed E-state index contributed by atoms with van der Waals surface area (Å²) >= 11 is 22.7. The molecule has 0 aromatic carbocycles. The van der Waals surface area contributed by atoms with Crippen LogP contribution in [0, 0.1) is 0 Å². The van der Waals surface area contributed by atoms with Crippen molar-refractivity contribution < 1.29 is 9.59 Å². The van der Waals surface area contributed by atoms with Gasteiger partial charge in [0.25, 0.3) is 0 Å². The summed E-state index contributed by atoms with van der Waals surface area (Å²) in [5.74, 6) is 0. The van der Waals surface area contributed by atoms with Gasteiger partial charge in [0.1, 0.15) is 6.46 Å². The van der Waals surface area contributed by atoms with Crippen LogP contribution in [-0.4, -0.2) is 5.26 Å². The van der Waals surface area contributed by atoms with Crippen molar-refractivity contribution in [2.75, 3.05) is 0 Å². The van der Waals surface area contributed by atoms with Crippen LogP contribution in [0.15, 0.2) is 0 Å². The molecule has 0 bridgehead atoms. The normalized spacial score (nSPS) is 18.2. The second kappa shape index (κ2) is 5.04. The summed E-state index contributed by atoms with van der Waals surface area (Å²) in [5, 5.41) is 8.21. The standard InChI is InChI=1S/H2O2S8/c1-2-10(6,7)9(5)8(3)4/h1H,(H,3,4). The fourth-order valence-corrected chi connectivity index (χ4v) is 14.1. The second-order valence-corrected chi connectivity index (χ2v) is 18.9. The molecule has 0 saturated heterocycles. The third-order valence-electron chi connectivity index (χ3n) is 0.374. The van der Waals surface area contributed by atoms with Crippen LogP contribution >= 0.6 is 11.7 Å². The highest BCUT2D eigenvalue weighted by molar-refractivity contribution is 9.31. The van der Waals surface area contributed by atoms with Crippen LogP contribution in [0.3, 0.4) is 0 Å². The van der Waals surface area contributed by atoms with E-state index in [9.17, 15) is 0 Å². The second-order valence-electron chi connectivity index (χ2n) is 0.904. The first-order chi connectivity index (χ1) is 4.41. The minimum Gasteiger partial charge on any atom is -0.238 e. The van der Waals surface area contributed by atoms with Gasteiger partial charge in [0.05, 0.1) is 0 Å². The van der Waals surface area contributed by atoms with Gasteiger partial charge in [0, 0.05) is 15.0 Å². The molecule has 0 amide bonds. The first-order valence-corrected chi connectivity index (χ1v) is 11.3.